The minimum absolute atomic E-state index is 0.104. The number of anilines is 1. The fourth-order valence-corrected chi connectivity index (χ4v) is 2.73. The number of amides is 1. The SMILES string of the molecule is Nc1nnc(C(=O)N2CCCCC2CCO)s1. The van der Waals surface area contributed by atoms with Crippen LogP contribution in [0, 0.1) is 0 Å². The zero-order valence-corrected chi connectivity index (χ0v) is 10.3. The van der Waals surface area contributed by atoms with Gasteiger partial charge in [0.1, 0.15) is 0 Å². The predicted octanol–water partition coefficient (Wildman–Crippen LogP) is 0.497. The lowest BCUT2D eigenvalue weighted by molar-refractivity contribution is 0.0573. The van der Waals surface area contributed by atoms with Crippen molar-refractivity contribution in [3.8, 4) is 0 Å². The van der Waals surface area contributed by atoms with Gasteiger partial charge in [-0.2, -0.15) is 0 Å². The van der Waals surface area contributed by atoms with Gasteiger partial charge in [0.25, 0.3) is 5.91 Å². The molecule has 94 valence electrons. The summed E-state index contributed by atoms with van der Waals surface area (Å²) < 4.78 is 0. The van der Waals surface area contributed by atoms with E-state index in [4.69, 9.17) is 10.8 Å². The molecule has 1 amide bonds. The van der Waals surface area contributed by atoms with Gasteiger partial charge in [0.2, 0.25) is 10.1 Å². The van der Waals surface area contributed by atoms with E-state index in [1.165, 1.54) is 0 Å². The number of piperidine rings is 1. The number of nitrogens with two attached hydrogens (primary N) is 1. The molecule has 1 aromatic heterocycles. The minimum atomic E-state index is -0.114. The van der Waals surface area contributed by atoms with Crippen LogP contribution in [0.25, 0.3) is 0 Å². The molecular formula is C10H16N4O2S. The summed E-state index contributed by atoms with van der Waals surface area (Å²) in [5, 5.41) is 17.1. The lowest BCUT2D eigenvalue weighted by atomic mass is 9.99. The van der Waals surface area contributed by atoms with Gasteiger partial charge < -0.3 is 15.7 Å². The zero-order valence-electron chi connectivity index (χ0n) is 9.50. The van der Waals surface area contributed by atoms with E-state index in [0.29, 0.717) is 16.6 Å². The molecular weight excluding hydrogens is 240 g/mol. The number of aromatic nitrogens is 2. The van der Waals surface area contributed by atoms with Crippen LogP contribution in [-0.2, 0) is 0 Å². The molecule has 17 heavy (non-hydrogen) atoms. The maximum absolute atomic E-state index is 12.2. The third-order valence-electron chi connectivity index (χ3n) is 2.97. The maximum Gasteiger partial charge on any atom is 0.285 e. The molecule has 1 unspecified atom stereocenters. The summed E-state index contributed by atoms with van der Waals surface area (Å²) in [6, 6.07) is 0.117. The fraction of sp³-hybridized carbons (Fsp3) is 0.700. The molecule has 1 aliphatic heterocycles. The number of carbonyl (C=O) groups is 1. The van der Waals surface area contributed by atoms with Crippen molar-refractivity contribution < 1.29 is 9.90 Å². The Morgan fingerprint density at radius 3 is 3.00 bits per heavy atom. The van der Waals surface area contributed by atoms with Crippen LogP contribution < -0.4 is 5.73 Å². The quantitative estimate of drug-likeness (QED) is 0.821. The highest BCUT2D eigenvalue weighted by molar-refractivity contribution is 7.16. The van der Waals surface area contributed by atoms with Crippen molar-refractivity contribution in [1.82, 2.24) is 15.1 Å². The highest BCUT2D eigenvalue weighted by atomic mass is 32.1. The summed E-state index contributed by atoms with van der Waals surface area (Å²) in [5.74, 6) is -0.114. The number of carbonyl (C=O) groups excluding carboxylic acids is 1. The monoisotopic (exact) mass is 256 g/mol. The second-order valence-corrected chi connectivity index (χ2v) is 5.11. The Morgan fingerprint density at radius 1 is 1.53 bits per heavy atom. The summed E-state index contributed by atoms with van der Waals surface area (Å²) in [4.78, 5) is 14.0. The van der Waals surface area contributed by atoms with E-state index in [1.54, 1.807) is 4.90 Å². The molecule has 0 aliphatic carbocycles. The molecule has 1 aromatic rings. The summed E-state index contributed by atoms with van der Waals surface area (Å²) in [7, 11) is 0. The smallest absolute Gasteiger partial charge is 0.285 e. The molecule has 7 heteroatoms. The van der Waals surface area contributed by atoms with Gasteiger partial charge in [-0.15, -0.1) is 10.2 Å². The van der Waals surface area contributed by atoms with E-state index in [-0.39, 0.29) is 18.6 Å². The van der Waals surface area contributed by atoms with Crippen molar-refractivity contribution in [3.05, 3.63) is 5.01 Å². The highest BCUT2D eigenvalue weighted by Gasteiger charge is 2.28. The van der Waals surface area contributed by atoms with Crippen LogP contribution in [0.4, 0.5) is 5.13 Å². The first-order valence-corrected chi connectivity index (χ1v) is 6.55. The van der Waals surface area contributed by atoms with Crippen molar-refractivity contribution in [3.63, 3.8) is 0 Å². The van der Waals surface area contributed by atoms with Crippen LogP contribution in [0.15, 0.2) is 0 Å². The van der Waals surface area contributed by atoms with Crippen molar-refractivity contribution in [2.75, 3.05) is 18.9 Å². The third-order valence-corrected chi connectivity index (χ3v) is 3.71. The molecule has 1 atom stereocenters. The number of rotatable bonds is 3. The zero-order chi connectivity index (χ0) is 12.3. The van der Waals surface area contributed by atoms with Gasteiger partial charge in [-0.05, 0) is 25.7 Å². The molecule has 0 aromatic carbocycles. The minimum Gasteiger partial charge on any atom is -0.396 e. The van der Waals surface area contributed by atoms with Crippen molar-refractivity contribution >= 4 is 22.4 Å². The van der Waals surface area contributed by atoms with Crippen LogP contribution in [-0.4, -0.2) is 45.3 Å². The van der Waals surface area contributed by atoms with Gasteiger partial charge in [0, 0.05) is 19.2 Å². The average Bonchev–Trinajstić information content (AvgIpc) is 2.76. The Morgan fingerprint density at radius 2 is 2.35 bits per heavy atom. The third kappa shape index (κ3) is 2.73. The van der Waals surface area contributed by atoms with E-state index in [9.17, 15) is 4.79 Å². The van der Waals surface area contributed by atoms with Gasteiger partial charge in [-0.1, -0.05) is 11.3 Å². The Kier molecular flexibility index (Phi) is 3.90. The summed E-state index contributed by atoms with van der Waals surface area (Å²) in [6.07, 6.45) is 3.68. The van der Waals surface area contributed by atoms with Gasteiger partial charge in [-0.25, -0.2) is 0 Å². The Bertz CT molecular complexity index is 393. The molecule has 2 rings (SSSR count). The Balaban J connectivity index is 2.10. The Labute approximate surface area is 103 Å². The number of hydrogen-bond acceptors (Lipinski definition) is 6. The average molecular weight is 256 g/mol. The standard InChI is InChI=1S/C10H16N4O2S/c11-10-13-12-8(17-10)9(16)14-5-2-1-3-7(14)4-6-15/h7,15H,1-6H2,(H2,11,13). The molecule has 3 N–H and O–H groups in total. The van der Waals surface area contributed by atoms with E-state index in [0.717, 1.165) is 37.1 Å². The number of aliphatic hydroxyl groups is 1. The Hall–Kier alpha value is -1.21. The number of nitrogens with zero attached hydrogens (tertiary/aromatic N) is 3. The van der Waals surface area contributed by atoms with Gasteiger partial charge in [0.15, 0.2) is 0 Å². The second-order valence-electron chi connectivity index (χ2n) is 4.11. The van der Waals surface area contributed by atoms with Crippen molar-refractivity contribution in [1.29, 1.82) is 0 Å². The summed E-state index contributed by atoms with van der Waals surface area (Å²) >= 11 is 1.11. The first-order valence-electron chi connectivity index (χ1n) is 5.73. The first-order chi connectivity index (χ1) is 8.22. The lowest BCUT2D eigenvalue weighted by Crippen LogP contribution is -2.44. The van der Waals surface area contributed by atoms with E-state index in [2.05, 4.69) is 10.2 Å². The normalized spacial score (nSPS) is 20.5. The molecule has 2 heterocycles. The largest absolute Gasteiger partial charge is 0.396 e. The first kappa shape index (κ1) is 12.3. The van der Waals surface area contributed by atoms with Gasteiger partial charge in [-0.3, -0.25) is 4.79 Å². The van der Waals surface area contributed by atoms with Crippen LogP contribution in [0.1, 0.15) is 35.5 Å². The molecule has 6 nitrogen and oxygen atoms in total. The van der Waals surface area contributed by atoms with E-state index < -0.39 is 0 Å². The number of hydrogen-bond donors (Lipinski definition) is 2. The number of aliphatic hydroxyl groups excluding tert-OH is 1. The summed E-state index contributed by atoms with van der Waals surface area (Å²) in [6.45, 7) is 0.829. The van der Waals surface area contributed by atoms with Crippen LogP contribution in [0.2, 0.25) is 0 Å². The second kappa shape index (κ2) is 5.42. The maximum atomic E-state index is 12.2. The van der Waals surface area contributed by atoms with E-state index in [1.807, 2.05) is 0 Å². The molecule has 1 fully saturated rings. The van der Waals surface area contributed by atoms with Crippen molar-refractivity contribution in [2.24, 2.45) is 0 Å². The molecule has 0 radical (unpaired) electrons. The van der Waals surface area contributed by atoms with Crippen LogP contribution >= 0.6 is 11.3 Å². The van der Waals surface area contributed by atoms with E-state index >= 15 is 0 Å². The topological polar surface area (TPSA) is 92.3 Å². The molecule has 1 saturated heterocycles. The molecule has 0 bridgehead atoms. The fourth-order valence-electron chi connectivity index (χ4n) is 2.16. The van der Waals surface area contributed by atoms with Gasteiger partial charge in [0.05, 0.1) is 0 Å². The highest BCUT2D eigenvalue weighted by Crippen LogP contribution is 2.23. The van der Waals surface area contributed by atoms with Gasteiger partial charge >= 0.3 is 0 Å². The number of nitrogen functional groups attached to an aromatic ring is 1. The molecule has 1 aliphatic rings. The van der Waals surface area contributed by atoms with Crippen LogP contribution in [0.5, 0.6) is 0 Å². The predicted molar refractivity (Wildman–Crippen MR) is 64.7 cm³/mol. The van der Waals surface area contributed by atoms with Crippen LogP contribution in [0.3, 0.4) is 0 Å². The summed E-state index contributed by atoms with van der Waals surface area (Å²) in [5.41, 5.74) is 5.47. The van der Waals surface area contributed by atoms with Crippen molar-refractivity contribution in [2.45, 2.75) is 31.7 Å². The number of likely N-dealkylation sites (tertiary alicyclic amines) is 1. The molecule has 0 saturated carbocycles. The molecule has 0 spiro atoms. The lowest BCUT2D eigenvalue weighted by Gasteiger charge is -2.34.